The van der Waals surface area contributed by atoms with E-state index >= 15 is 0 Å². The molecule has 1 aromatic heterocycles. The largest absolute Gasteiger partial charge is 0.373 e. The Balaban J connectivity index is 2.40. The van der Waals surface area contributed by atoms with E-state index in [0.29, 0.717) is 0 Å². The Hall–Kier alpha value is -1.90. The first-order valence-corrected chi connectivity index (χ1v) is 6.54. The van der Waals surface area contributed by atoms with Crippen LogP contribution in [0.4, 0.5) is 5.82 Å². The van der Waals surface area contributed by atoms with Crippen molar-refractivity contribution in [3.8, 4) is 11.3 Å². The van der Waals surface area contributed by atoms with Crippen molar-refractivity contribution in [2.24, 2.45) is 0 Å². The van der Waals surface area contributed by atoms with Gasteiger partial charge in [0.2, 0.25) is 0 Å². The molecule has 2 rings (SSSR count). The lowest BCUT2D eigenvalue weighted by molar-refractivity contribution is 0.590. The summed E-state index contributed by atoms with van der Waals surface area (Å²) in [5.41, 5.74) is 3.58. The third-order valence-corrected chi connectivity index (χ3v) is 3.14. The molecule has 1 N–H and O–H groups in total. The first kappa shape index (κ1) is 13.5. The minimum atomic E-state index is 0.177. The predicted molar refractivity (Wildman–Crippen MR) is 80.5 cm³/mol. The van der Waals surface area contributed by atoms with Crippen LogP contribution in [-0.2, 0) is 5.41 Å². The third-order valence-electron chi connectivity index (χ3n) is 3.14. The molecule has 3 nitrogen and oxygen atoms in total. The molecule has 1 heterocycles. The smallest absolute Gasteiger partial charge is 0.130 e. The minimum absolute atomic E-state index is 0.177. The van der Waals surface area contributed by atoms with Gasteiger partial charge in [-0.1, -0.05) is 45.0 Å². The van der Waals surface area contributed by atoms with Crippen LogP contribution in [0.1, 0.15) is 32.2 Å². The fourth-order valence-electron chi connectivity index (χ4n) is 1.98. The maximum Gasteiger partial charge on any atom is 0.130 e. The van der Waals surface area contributed by atoms with Gasteiger partial charge in [0.15, 0.2) is 0 Å². The van der Waals surface area contributed by atoms with Crippen LogP contribution in [0.3, 0.4) is 0 Å². The Labute approximate surface area is 115 Å². The molecule has 2 aromatic rings. The van der Waals surface area contributed by atoms with E-state index in [4.69, 9.17) is 0 Å². The van der Waals surface area contributed by atoms with Gasteiger partial charge < -0.3 is 5.32 Å². The zero-order chi connectivity index (χ0) is 14.0. The van der Waals surface area contributed by atoms with E-state index < -0.39 is 0 Å². The number of aryl methyl sites for hydroxylation is 1. The summed E-state index contributed by atoms with van der Waals surface area (Å²) in [4.78, 5) is 8.81. The van der Waals surface area contributed by atoms with Gasteiger partial charge in [0.05, 0.1) is 5.69 Å². The Morgan fingerprint density at radius 2 is 1.63 bits per heavy atom. The van der Waals surface area contributed by atoms with Crippen molar-refractivity contribution in [3.05, 3.63) is 41.7 Å². The van der Waals surface area contributed by atoms with E-state index in [1.165, 1.54) is 5.56 Å². The number of nitrogens with one attached hydrogen (secondary N) is 1. The minimum Gasteiger partial charge on any atom is -0.373 e. The van der Waals surface area contributed by atoms with E-state index in [1.54, 1.807) is 0 Å². The summed E-state index contributed by atoms with van der Waals surface area (Å²) in [6, 6.07) is 10.6. The zero-order valence-electron chi connectivity index (χ0n) is 12.3. The SMILES string of the molecule is CNc1cc(-c2ccc(C(C)(C)C)cc2)nc(C)n1. The molecule has 0 saturated heterocycles. The van der Waals surface area contributed by atoms with Crippen LogP contribution >= 0.6 is 0 Å². The molecule has 0 amide bonds. The number of hydrogen-bond acceptors (Lipinski definition) is 3. The summed E-state index contributed by atoms with van der Waals surface area (Å²) >= 11 is 0. The van der Waals surface area contributed by atoms with Gasteiger partial charge >= 0.3 is 0 Å². The fourth-order valence-corrected chi connectivity index (χ4v) is 1.98. The third kappa shape index (κ3) is 3.11. The molecule has 1 aromatic carbocycles. The number of anilines is 1. The van der Waals surface area contributed by atoms with E-state index in [1.807, 2.05) is 20.0 Å². The second kappa shape index (κ2) is 5.00. The van der Waals surface area contributed by atoms with Gasteiger partial charge in [-0.25, -0.2) is 9.97 Å². The molecule has 0 aliphatic carbocycles. The summed E-state index contributed by atoms with van der Waals surface area (Å²) in [5.74, 6) is 1.63. The molecule has 0 spiro atoms. The molecule has 3 heteroatoms. The number of nitrogens with zero attached hydrogens (tertiary/aromatic N) is 2. The molecule has 19 heavy (non-hydrogen) atoms. The quantitative estimate of drug-likeness (QED) is 0.887. The van der Waals surface area contributed by atoms with Crippen LogP contribution < -0.4 is 5.32 Å². The predicted octanol–water partition coefficient (Wildman–Crippen LogP) is 3.79. The highest BCUT2D eigenvalue weighted by molar-refractivity contribution is 5.63. The van der Waals surface area contributed by atoms with E-state index in [2.05, 4.69) is 60.3 Å². The van der Waals surface area contributed by atoms with Crippen molar-refractivity contribution < 1.29 is 0 Å². The number of aromatic nitrogens is 2. The van der Waals surface area contributed by atoms with Gasteiger partial charge in [0.1, 0.15) is 11.6 Å². The summed E-state index contributed by atoms with van der Waals surface area (Å²) in [7, 11) is 1.87. The molecular weight excluding hydrogens is 234 g/mol. The maximum absolute atomic E-state index is 4.49. The standard InChI is InChI=1S/C16H21N3/c1-11-18-14(10-15(17-5)19-11)12-6-8-13(9-7-12)16(2,3)4/h6-10H,1-5H3,(H,17,18,19). The van der Waals surface area contributed by atoms with Crippen molar-refractivity contribution in [3.63, 3.8) is 0 Å². The zero-order valence-corrected chi connectivity index (χ0v) is 12.3. The first-order valence-electron chi connectivity index (χ1n) is 6.54. The van der Waals surface area contributed by atoms with E-state index in [9.17, 15) is 0 Å². The summed E-state index contributed by atoms with van der Waals surface area (Å²) in [6.07, 6.45) is 0. The van der Waals surface area contributed by atoms with Crippen molar-refractivity contribution in [2.45, 2.75) is 33.1 Å². The molecule has 0 aliphatic rings. The van der Waals surface area contributed by atoms with E-state index in [-0.39, 0.29) is 5.41 Å². The molecule has 0 atom stereocenters. The van der Waals surface area contributed by atoms with Crippen LogP contribution in [0, 0.1) is 6.92 Å². The Morgan fingerprint density at radius 3 is 2.16 bits per heavy atom. The first-order chi connectivity index (χ1) is 8.90. The monoisotopic (exact) mass is 255 g/mol. The Kier molecular flexibility index (Phi) is 3.56. The van der Waals surface area contributed by atoms with Gasteiger partial charge in [-0.15, -0.1) is 0 Å². The molecule has 0 radical (unpaired) electrons. The molecular formula is C16H21N3. The average Bonchev–Trinajstić information content (AvgIpc) is 2.37. The lowest BCUT2D eigenvalue weighted by Crippen LogP contribution is -2.10. The molecule has 0 bridgehead atoms. The number of benzene rings is 1. The lowest BCUT2D eigenvalue weighted by atomic mass is 9.86. The average molecular weight is 255 g/mol. The summed E-state index contributed by atoms with van der Waals surface area (Å²) in [6.45, 7) is 8.57. The topological polar surface area (TPSA) is 37.8 Å². The van der Waals surface area contributed by atoms with Crippen molar-refractivity contribution >= 4 is 5.82 Å². The van der Waals surface area contributed by atoms with Crippen LogP contribution in [-0.4, -0.2) is 17.0 Å². The molecule has 100 valence electrons. The van der Waals surface area contributed by atoms with Crippen LogP contribution in [0.2, 0.25) is 0 Å². The van der Waals surface area contributed by atoms with Gasteiger partial charge in [-0.2, -0.15) is 0 Å². The lowest BCUT2D eigenvalue weighted by Gasteiger charge is -2.19. The number of hydrogen-bond donors (Lipinski definition) is 1. The molecule has 0 aliphatic heterocycles. The molecule has 0 saturated carbocycles. The highest BCUT2D eigenvalue weighted by atomic mass is 15.0. The van der Waals surface area contributed by atoms with Crippen molar-refractivity contribution in [2.75, 3.05) is 12.4 Å². The molecule has 0 unspecified atom stereocenters. The van der Waals surface area contributed by atoms with Crippen LogP contribution in [0.5, 0.6) is 0 Å². The molecule has 0 fully saturated rings. The fraction of sp³-hybridized carbons (Fsp3) is 0.375. The van der Waals surface area contributed by atoms with Crippen LogP contribution in [0.25, 0.3) is 11.3 Å². The van der Waals surface area contributed by atoms with Gasteiger partial charge in [0, 0.05) is 18.7 Å². The van der Waals surface area contributed by atoms with Crippen molar-refractivity contribution in [1.29, 1.82) is 0 Å². The van der Waals surface area contributed by atoms with Gasteiger partial charge in [0.25, 0.3) is 0 Å². The highest BCUT2D eigenvalue weighted by Crippen LogP contribution is 2.26. The summed E-state index contributed by atoms with van der Waals surface area (Å²) < 4.78 is 0. The second-order valence-electron chi connectivity index (χ2n) is 5.76. The Bertz CT molecular complexity index is 566. The summed E-state index contributed by atoms with van der Waals surface area (Å²) in [5, 5.41) is 3.06. The Morgan fingerprint density at radius 1 is 1.00 bits per heavy atom. The second-order valence-corrected chi connectivity index (χ2v) is 5.76. The normalized spacial score (nSPS) is 11.4. The number of rotatable bonds is 2. The van der Waals surface area contributed by atoms with Gasteiger partial charge in [-0.3, -0.25) is 0 Å². The van der Waals surface area contributed by atoms with Crippen LogP contribution in [0.15, 0.2) is 30.3 Å². The maximum atomic E-state index is 4.49. The van der Waals surface area contributed by atoms with Gasteiger partial charge in [-0.05, 0) is 17.9 Å². The highest BCUT2D eigenvalue weighted by Gasteiger charge is 2.13. The van der Waals surface area contributed by atoms with E-state index in [0.717, 1.165) is 22.9 Å². The van der Waals surface area contributed by atoms with Crippen molar-refractivity contribution in [1.82, 2.24) is 9.97 Å².